The van der Waals surface area contributed by atoms with Crippen molar-refractivity contribution in [2.45, 2.75) is 0 Å². The predicted molar refractivity (Wildman–Crippen MR) is 184 cm³/mol. The van der Waals surface area contributed by atoms with Gasteiger partial charge in [0.05, 0.1) is 11.0 Å². The van der Waals surface area contributed by atoms with E-state index in [1.807, 2.05) is 91.0 Å². The van der Waals surface area contributed by atoms with Crippen molar-refractivity contribution in [3.05, 3.63) is 145 Å². The molecule has 0 unspecified atom stereocenters. The molecule has 8 aromatic carbocycles. The third-order valence-electron chi connectivity index (χ3n) is 8.70. The van der Waals surface area contributed by atoms with Crippen LogP contribution in [0.2, 0.25) is 0 Å². The van der Waals surface area contributed by atoms with E-state index in [1.165, 1.54) is 0 Å². The summed E-state index contributed by atoms with van der Waals surface area (Å²) in [4.78, 5) is 0. The lowest BCUT2D eigenvalue weighted by atomic mass is 9.84. The Morgan fingerprint density at radius 1 is 0.409 bits per heavy atom. The van der Waals surface area contributed by atoms with E-state index in [0.717, 1.165) is 37.9 Å². The first-order valence-corrected chi connectivity index (χ1v) is 14.4. The smallest absolute Gasteiger partial charge is 0.136 e. The number of para-hydroxylation sites is 1. The van der Waals surface area contributed by atoms with Crippen molar-refractivity contribution in [3.63, 3.8) is 0 Å². The minimum absolute atomic E-state index is 0.158. The standard InChI is InChI=1S/C42H24O2/c1-2-12-27-25(10-1)11-9-18-28(27)40-31-15-5-3-13-29(31)39(30-14-4-6-16-32(30)40)26-20-21-34-38(24-26)44-37-23-22-36-41(42(34)37)33-17-7-8-19-35(33)43-36/h1-24H/i3D,4D,5D,6D,13D,14D,15D,16D. The highest BCUT2D eigenvalue weighted by molar-refractivity contribution is 6.27. The van der Waals surface area contributed by atoms with E-state index in [-0.39, 0.29) is 51.3 Å². The van der Waals surface area contributed by atoms with Gasteiger partial charge in [-0.05, 0) is 84.9 Å². The molecule has 0 spiro atoms. The summed E-state index contributed by atoms with van der Waals surface area (Å²) in [5.41, 5.74) is 4.28. The molecule has 0 saturated heterocycles. The van der Waals surface area contributed by atoms with Crippen LogP contribution in [0, 0.1) is 0 Å². The second-order valence-electron chi connectivity index (χ2n) is 11.0. The molecule has 2 heteroatoms. The summed E-state index contributed by atoms with van der Waals surface area (Å²) in [6, 6.07) is 27.3. The third-order valence-corrected chi connectivity index (χ3v) is 8.70. The van der Waals surface area contributed by atoms with Crippen LogP contribution in [0.25, 0.3) is 98.4 Å². The van der Waals surface area contributed by atoms with Gasteiger partial charge in [-0.1, -0.05) is 115 Å². The molecule has 10 aromatic rings. The summed E-state index contributed by atoms with van der Waals surface area (Å²) in [7, 11) is 0. The number of furan rings is 2. The fourth-order valence-corrected chi connectivity index (χ4v) is 6.86. The first-order valence-electron chi connectivity index (χ1n) is 18.4. The summed E-state index contributed by atoms with van der Waals surface area (Å²) in [6.45, 7) is 0. The molecule has 44 heavy (non-hydrogen) atoms. The van der Waals surface area contributed by atoms with Crippen LogP contribution in [0.4, 0.5) is 0 Å². The van der Waals surface area contributed by atoms with Crippen LogP contribution in [0.5, 0.6) is 0 Å². The van der Waals surface area contributed by atoms with Crippen LogP contribution in [-0.2, 0) is 0 Å². The lowest BCUT2D eigenvalue weighted by Gasteiger charge is -2.18. The SMILES string of the molecule is [2H]c1c([2H])c([2H])c2c(-c3cccc4ccccc34)c3c([2H])c([2H])c([2H])c([2H])c3c(-c3ccc4c(c3)oc3ccc5oc6ccccc6c5c34)c2c1[2H]. The van der Waals surface area contributed by atoms with E-state index in [4.69, 9.17) is 14.3 Å². The number of hydrogen-bond acceptors (Lipinski definition) is 2. The van der Waals surface area contributed by atoms with Crippen molar-refractivity contribution < 1.29 is 19.8 Å². The largest absolute Gasteiger partial charge is 0.456 e. The van der Waals surface area contributed by atoms with Crippen molar-refractivity contribution in [1.82, 2.24) is 0 Å². The Kier molecular flexibility index (Phi) is 3.47. The highest BCUT2D eigenvalue weighted by Crippen LogP contribution is 2.47. The normalized spacial score (nSPS) is 14.6. The topological polar surface area (TPSA) is 26.3 Å². The van der Waals surface area contributed by atoms with Gasteiger partial charge >= 0.3 is 0 Å². The van der Waals surface area contributed by atoms with Crippen molar-refractivity contribution in [2.75, 3.05) is 0 Å². The number of benzene rings is 8. The van der Waals surface area contributed by atoms with Gasteiger partial charge in [0, 0.05) is 21.5 Å². The molecule has 10 rings (SSSR count). The van der Waals surface area contributed by atoms with Gasteiger partial charge in [0.1, 0.15) is 22.3 Å². The highest BCUT2D eigenvalue weighted by atomic mass is 16.3. The van der Waals surface area contributed by atoms with E-state index in [2.05, 4.69) is 0 Å². The highest BCUT2D eigenvalue weighted by Gasteiger charge is 2.20. The zero-order valence-electron chi connectivity index (χ0n) is 31.1. The van der Waals surface area contributed by atoms with Crippen LogP contribution >= 0.6 is 0 Å². The Labute approximate surface area is 263 Å². The lowest BCUT2D eigenvalue weighted by molar-refractivity contribution is 0.663. The van der Waals surface area contributed by atoms with Crippen LogP contribution < -0.4 is 0 Å². The summed E-state index contributed by atoms with van der Waals surface area (Å²) in [6.07, 6.45) is 0. The molecule has 0 aliphatic rings. The molecule has 204 valence electrons. The van der Waals surface area contributed by atoms with Gasteiger partial charge in [-0.25, -0.2) is 0 Å². The fraction of sp³-hybridized carbons (Fsp3) is 0. The molecule has 0 aliphatic carbocycles. The van der Waals surface area contributed by atoms with Crippen LogP contribution in [-0.4, -0.2) is 0 Å². The van der Waals surface area contributed by atoms with E-state index < -0.39 is 24.2 Å². The molecule has 0 bridgehead atoms. The third kappa shape index (κ3) is 3.20. The van der Waals surface area contributed by atoms with E-state index in [0.29, 0.717) is 33.4 Å². The van der Waals surface area contributed by atoms with Crippen LogP contribution in [0.1, 0.15) is 11.0 Å². The molecule has 0 atom stereocenters. The van der Waals surface area contributed by atoms with Crippen molar-refractivity contribution in [3.8, 4) is 22.3 Å². The average molecular weight is 569 g/mol. The summed E-state index contributed by atoms with van der Waals surface area (Å²) >= 11 is 0. The molecule has 0 radical (unpaired) electrons. The van der Waals surface area contributed by atoms with Gasteiger partial charge in [-0.15, -0.1) is 0 Å². The van der Waals surface area contributed by atoms with Gasteiger partial charge < -0.3 is 8.83 Å². The molecule has 0 saturated carbocycles. The quantitative estimate of drug-likeness (QED) is 0.194. The second-order valence-corrected chi connectivity index (χ2v) is 11.0. The zero-order chi connectivity index (χ0) is 35.7. The summed E-state index contributed by atoms with van der Waals surface area (Å²) in [5.74, 6) is 0. The van der Waals surface area contributed by atoms with Crippen LogP contribution in [0.3, 0.4) is 0 Å². The molecule has 0 aliphatic heterocycles. The maximum absolute atomic E-state index is 9.32. The molecular formula is C42H24O2. The fourth-order valence-electron chi connectivity index (χ4n) is 6.86. The first kappa shape index (κ1) is 17.3. The minimum atomic E-state index is -0.443. The Morgan fingerprint density at radius 3 is 1.70 bits per heavy atom. The predicted octanol–water partition coefficient (Wildman–Crippen LogP) is 12.3. The van der Waals surface area contributed by atoms with E-state index in [1.54, 1.807) is 6.07 Å². The lowest BCUT2D eigenvalue weighted by Crippen LogP contribution is -1.91. The van der Waals surface area contributed by atoms with Crippen molar-refractivity contribution in [1.29, 1.82) is 0 Å². The molecule has 0 fully saturated rings. The number of hydrogen-bond donors (Lipinski definition) is 0. The molecule has 0 amide bonds. The van der Waals surface area contributed by atoms with E-state index in [9.17, 15) is 5.48 Å². The maximum atomic E-state index is 9.32. The van der Waals surface area contributed by atoms with Crippen LogP contribution in [0.15, 0.2) is 154 Å². The Hall–Kier alpha value is -5.86. The molecule has 2 nitrogen and oxygen atoms in total. The van der Waals surface area contributed by atoms with Gasteiger partial charge in [-0.3, -0.25) is 0 Å². The van der Waals surface area contributed by atoms with Gasteiger partial charge in [0.2, 0.25) is 0 Å². The molecule has 2 aromatic heterocycles. The molecule has 2 heterocycles. The Bertz CT molecular complexity index is 3140. The average Bonchev–Trinajstić information content (AvgIpc) is 3.74. The maximum Gasteiger partial charge on any atom is 0.136 e. The van der Waals surface area contributed by atoms with Crippen molar-refractivity contribution >= 4 is 76.2 Å². The molecule has 0 N–H and O–H groups in total. The second kappa shape index (κ2) is 8.82. The summed E-state index contributed by atoms with van der Waals surface area (Å²) < 4.78 is 84.9. The van der Waals surface area contributed by atoms with Gasteiger partial charge in [-0.2, -0.15) is 0 Å². The summed E-state index contributed by atoms with van der Waals surface area (Å²) in [5, 5.41) is 5.85. The number of fused-ring (bicyclic) bond motifs is 10. The Morgan fingerprint density at radius 2 is 0.977 bits per heavy atom. The zero-order valence-corrected chi connectivity index (χ0v) is 23.1. The van der Waals surface area contributed by atoms with Gasteiger partial charge in [0.25, 0.3) is 0 Å². The first-order chi connectivity index (χ1) is 25.2. The Balaban J connectivity index is 1.42. The van der Waals surface area contributed by atoms with E-state index >= 15 is 0 Å². The van der Waals surface area contributed by atoms with Crippen molar-refractivity contribution in [2.24, 2.45) is 0 Å². The van der Waals surface area contributed by atoms with Gasteiger partial charge in [0.15, 0.2) is 0 Å². The number of rotatable bonds is 2. The molecular weight excluding hydrogens is 536 g/mol. The minimum Gasteiger partial charge on any atom is -0.456 e. The monoisotopic (exact) mass is 568 g/mol.